The summed E-state index contributed by atoms with van der Waals surface area (Å²) in [6, 6.07) is 31.8. The van der Waals surface area contributed by atoms with Crippen LogP contribution in [0.1, 0.15) is 5.56 Å². The molecule has 4 aromatic rings. The van der Waals surface area contributed by atoms with Crippen LogP contribution >= 0.6 is 0 Å². The quantitative estimate of drug-likeness (QED) is 0.378. The summed E-state index contributed by atoms with van der Waals surface area (Å²) in [7, 11) is 0. The highest BCUT2D eigenvalue weighted by molar-refractivity contribution is 5.94. The van der Waals surface area contributed by atoms with Gasteiger partial charge in [-0.3, -0.25) is 0 Å². The molecule has 5 heteroatoms. The van der Waals surface area contributed by atoms with E-state index in [9.17, 15) is 4.79 Å². The fourth-order valence-corrected chi connectivity index (χ4v) is 3.35. The van der Waals surface area contributed by atoms with Crippen molar-refractivity contribution in [3.05, 3.63) is 103 Å². The summed E-state index contributed by atoms with van der Waals surface area (Å²) >= 11 is 0. The second-order valence-electron chi connectivity index (χ2n) is 6.47. The second-order valence-corrected chi connectivity index (χ2v) is 6.47. The molecule has 0 radical (unpaired) electrons. The van der Waals surface area contributed by atoms with Gasteiger partial charge in [0.15, 0.2) is 0 Å². The lowest BCUT2D eigenvalue weighted by Gasteiger charge is -2.15. The van der Waals surface area contributed by atoms with Gasteiger partial charge in [-0.2, -0.15) is 5.10 Å². The van der Waals surface area contributed by atoms with E-state index < -0.39 is 6.03 Å². The van der Waals surface area contributed by atoms with Crippen LogP contribution < -0.4 is 11.2 Å². The van der Waals surface area contributed by atoms with E-state index in [0.29, 0.717) is 0 Å². The minimum Gasteiger partial charge on any atom is -0.350 e. The Bertz CT molecular complexity index is 1130. The molecule has 0 saturated carbocycles. The molecule has 29 heavy (non-hydrogen) atoms. The Hall–Kier alpha value is -4.12. The number of hydrazone groups is 1. The van der Waals surface area contributed by atoms with Gasteiger partial charge in [-0.25, -0.2) is 10.2 Å². The van der Waals surface area contributed by atoms with Crippen molar-refractivity contribution in [3.63, 3.8) is 0 Å². The van der Waals surface area contributed by atoms with E-state index in [1.54, 1.807) is 6.21 Å². The largest absolute Gasteiger partial charge is 0.350 e. The number of nitrogens with one attached hydrogen (secondary N) is 1. The van der Waals surface area contributed by atoms with E-state index in [4.69, 9.17) is 5.73 Å². The number of benzene rings is 3. The molecular formula is C24H20N4O. The van der Waals surface area contributed by atoms with Gasteiger partial charge in [0.1, 0.15) is 0 Å². The van der Waals surface area contributed by atoms with Crippen LogP contribution in [0, 0.1) is 0 Å². The molecule has 1 aromatic heterocycles. The first-order valence-corrected chi connectivity index (χ1v) is 9.24. The molecule has 0 atom stereocenters. The van der Waals surface area contributed by atoms with Crippen LogP contribution in [0.15, 0.2) is 102 Å². The summed E-state index contributed by atoms with van der Waals surface area (Å²) in [4.78, 5) is 11.1. The van der Waals surface area contributed by atoms with E-state index in [0.717, 1.165) is 33.8 Å². The van der Waals surface area contributed by atoms with Crippen molar-refractivity contribution < 1.29 is 4.79 Å². The third-order valence-electron chi connectivity index (χ3n) is 4.54. The maximum atomic E-state index is 11.1. The summed E-state index contributed by atoms with van der Waals surface area (Å²) in [5, 5.41) is 4.01. The molecule has 0 spiro atoms. The molecule has 0 bridgehead atoms. The number of para-hydroxylation sites is 1. The molecule has 0 saturated heterocycles. The van der Waals surface area contributed by atoms with Gasteiger partial charge in [-0.15, -0.1) is 0 Å². The zero-order chi connectivity index (χ0) is 20.1. The van der Waals surface area contributed by atoms with Crippen LogP contribution in [0.3, 0.4) is 0 Å². The lowest BCUT2D eigenvalue weighted by atomic mass is 10.1. The normalized spacial score (nSPS) is 10.9. The lowest BCUT2D eigenvalue weighted by molar-refractivity contribution is 0.249. The van der Waals surface area contributed by atoms with Crippen molar-refractivity contribution in [2.24, 2.45) is 10.8 Å². The number of hydrogen-bond acceptors (Lipinski definition) is 2. The van der Waals surface area contributed by atoms with Crippen molar-refractivity contribution >= 4 is 12.2 Å². The third kappa shape index (κ3) is 3.94. The Labute approximate surface area is 169 Å². The smallest absolute Gasteiger partial charge is 0.332 e. The topological polar surface area (TPSA) is 72.4 Å². The van der Waals surface area contributed by atoms with Gasteiger partial charge in [0, 0.05) is 11.3 Å². The van der Waals surface area contributed by atoms with Gasteiger partial charge in [0.25, 0.3) is 0 Å². The maximum Gasteiger partial charge on any atom is 0.332 e. The number of nitrogens with zero attached hydrogens (tertiary/aromatic N) is 2. The SMILES string of the molecule is NC(=O)N/N=C\c1cc(-c2ccccc2)n(-c2ccccc2)c1-c1ccccc1. The molecule has 0 fully saturated rings. The van der Waals surface area contributed by atoms with Crippen molar-refractivity contribution in [2.45, 2.75) is 0 Å². The molecular weight excluding hydrogens is 360 g/mol. The molecule has 0 aliphatic heterocycles. The number of nitrogens with two attached hydrogens (primary N) is 1. The first-order chi connectivity index (χ1) is 14.2. The Morgan fingerprint density at radius 3 is 1.97 bits per heavy atom. The highest BCUT2D eigenvalue weighted by atomic mass is 16.2. The Morgan fingerprint density at radius 1 is 0.828 bits per heavy atom. The molecule has 4 rings (SSSR count). The summed E-state index contributed by atoms with van der Waals surface area (Å²) in [6.07, 6.45) is 1.62. The molecule has 142 valence electrons. The fourth-order valence-electron chi connectivity index (χ4n) is 3.35. The number of urea groups is 1. The third-order valence-corrected chi connectivity index (χ3v) is 4.54. The number of carbonyl (C=O) groups is 1. The minimum absolute atomic E-state index is 0.701. The van der Waals surface area contributed by atoms with E-state index >= 15 is 0 Å². The van der Waals surface area contributed by atoms with Crippen molar-refractivity contribution in [1.82, 2.24) is 9.99 Å². The lowest BCUT2D eigenvalue weighted by Crippen LogP contribution is -2.24. The molecule has 2 amide bonds. The van der Waals surface area contributed by atoms with Crippen LogP contribution in [0.2, 0.25) is 0 Å². The molecule has 0 aliphatic rings. The Morgan fingerprint density at radius 2 is 1.38 bits per heavy atom. The van der Waals surface area contributed by atoms with Crippen LogP contribution in [-0.4, -0.2) is 16.8 Å². The molecule has 3 N–H and O–H groups in total. The van der Waals surface area contributed by atoms with Crippen molar-refractivity contribution in [1.29, 1.82) is 0 Å². The van der Waals surface area contributed by atoms with E-state index in [-0.39, 0.29) is 0 Å². The van der Waals surface area contributed by atoms with Crippen LogP contribution in [-0.2, 0) is 0 Å². The van der Waals surface area contributed by atoms with Gasteiger partial charge in [0.2, 0.25) is 0 Å². The molecule has 0 unspecified atom stereocenters. The highest BCUT2D eigenvalue weighted by Gasteiger charge is 2.18. The molecule has 1 heterocycles. The maximum absolute atomic E-state index is 11.1. The Kier molecular flexibility index (Phi) is 5.21. The molecule has 0 aliphatic carbocycles. The zero-order valence-corrected chi connectivity index (χ0v) is 15.7. The molecule has 5 nitrogen and oxygen atoms in total. The number of carbonyl (C=O) groups excluding carboxylic acids is 1. The van der Waals surface area contributed by atoms with E-state index in [2.05, 4.69) is 57.6 Å². The summed E-state index contributed by atoms with van der Waals surface area (Å²) in [5.74, 6) is 0. The number of amides is 2. The number of hydrogen-bond donors (Lipinski definition) is 2. The monoisotopic (exact) mass is 380 g/mol. The second kappa shape index (κ2) is 8.27. The zero-order valence-electron chi connectivity index (χ0n) is 15.7. The summed E-state index contributed by atoms with van der Waals surface area (Å²) in [6.45, 7) is 0. The van der Waals surface area contributed by atoms with E-state index in [1.165, 1.54) is 0 Å². The first-order valence-electron chi connectivity index (χ1n) is 9.24. The van der Waals surface area contributed by atoms with Gasteiger partial charge < -0.3 is 10.3 Å². The van der Waals surface area contributed by atoms with Crippen LogP contribution in [0.4, 0.5) is 4.79 Å². The average Bonchev–Trinajstić information content (AvgIpc) is 3.15. The Balaban J connectivity index is 2.00. The van der Waals surface area contributed by atoms with Crippen LogP contribution in [0.5, 0.6) is 0 Å². The molecule has 3 aromatic carbocycles. The predicted molar refractivity (Wildman–Crippen MR) is 117 cm³/mol. The number of aromatic nitrogens is 1. The van der Waals surface area contributed by atoms with E-state index in [1.807, 2.05) is 54.6 Å². The first kappa shape index (κ1) is 18.3. The van der Waals surface area contributed by atoms with Crippen molar-refractivity contribution in [3.8, 4) is 28.2 Å². The van der Waals surface area contributed by atoms with Crippen LogP contribution in [0.25, 0.3) is 28.2 Å². The predicted octanol–water partition coefficient (Wildman–Crippen LogP) is 4.81. The average molecular weight is 380 g/mol. The van der Waals surface area contributed by atoms with Gasteiger partial charge in [-0.05, 0) is 29.3 Å². The summed E-state index contributed by atoms with van der Waals surface area (Å²) in [5.41, 5.74) is 13.5. The van der Waals surface area contributed by atoms with Crippen molar-refractivity contribution in [2.75, 3.05) is 0 Å². The minimum atomic E-state index is -0.701. The van der Waals surface area contributed by atoms with Gasteiger partial charge in [0.05, 0.1) is 17.6 Å². The fraction of sp³-hybridized carbons (Fsp3) is 0. The van der Waals surface area contributed by atoms with Gasteiger partial charge >= 0.3 is 6.03 Å². The number of primary amides is 1. The number of rotatable bonds is 5. The summed E-state index contributed by atoms with van der Waals surface area (Å²) < 4.78 is 2.20. The standard InChI is InChI=1S/C24H20N4O/c25-24(29)27-26-17-20-16-22(18-10-4-1-5-11-18)28(21-14-8-3-9-15-21)23(20)19-12-6-2-7-13-19/h1-17H,(H3,25,27,29)/b26-17-. The van der Waals surface area contributed by atoms with Gasteiger partial charge in [-0.1, -0.05) is 78.9 Å². The highest BCUT2D eigenvalue weighted by Crippen LogP contribution is 2.35.